The molecule has 0 aliphatic carbocycles. The van der Waals surface area contributed by atoms with Crippen LogP contribution in [0.25, 0.3) is 10.8 Å². The standard InChI is InChI=1S/C27H30N6O2/c1-4-35-25-8-7-19-5-6-20(13-22(19)26(25)30-16-18(2)15-28)24-14-21(10-12-33(24)3)32-27(34)23-9-11-29-17-31-23/h5-9,11,13,17,21,24,30H,2,4,10,12,14,16H2,1,3H3,(H,32,34). The first kappa shape index (κ1) is 24.2. The molecule has 1 aliphatic heterocycles. The van der Waals surface area contributed by atoms with Crippen LogP contribution in [0.15, 0.2) is 61.1 Å². The zero-order valence-corrected chi connectivity index (χ0v) is 20.1. The molecule has 8 heteroatoms. The Kier molecular flexibility index (Phi) is 7.58. The lowest BCUT2D eigenvalue weighted by molar-refractivity contribution is 0.0883. The van der Waals surface area contributed by atoms with Gasteiger partial charge in [-0.2, -0.15) is 5.26 Å². The average Bonchev–Trinajstić information content (AvgIpc) is 2.89. The van der Waals surface area contributed by atoms with E-state index in [2.05, 4.69) is 63.4 Å². The number of hydrogen-bond acceptors (Lipinski definition) is 7. The smallest absolute Gasteiger partial charge is 0.270 e. The highest BCUT2D eigenvalue weighted by Crippen LogP contribution is 2.37. The molecule has 8 nitrogen and oxygen atoms in total. The van der Waals surface area contributed by atoms with Gasteiger partial charge in [0.15, 0.2) is 0 Å². The van der Waals surface area contributed by atoms with Crippen LogP contribution in [0, 0.1) is 11.3 Å². The lowest BCUT2D eigenvalue weighted by atomic mass is 9.90. The summed E-state index contributed by atoms with van der Waals surface area (Å²) in [7, 11) is 2.12. The fourth-order valence-corrected chi connectivity index (χ4v) is 4.51. The molecule has 4 rings (SSSR count). The van der Waals surface area contributed by atoms with Crippen molar-refractivity contribution < 1.29 is 9.53 Å². The van der Waals surface area contributed by atoms with Crippen LogP contribution in [0.2, 0.25) is 0 Å². The van der Waals surface area contributed by atoms with Gasteiger partial charge in [0, 0.05) is 42.3 Å². The van der Waals surface area contributed by atoms with Crippen molar-refractivity contribution in [2.45, 2.75) is 31.8 Å². The number of anilines is 1. The van der Waals surface area contributed by atoms with Gasteiger partial charge < -0.3 is 15.4 Å². The summed E-state index contributed by atoms with van der Waals surface area (Å²) >= 11 is 0. The Labute approximate surface area is 205 Å². The Balaban J connectivity index is 1.61. The van der Waals surface area contributed by atoms with Crippen LogP contribution in [-0.2, 0) is 0 Å². The summed E-state index contributed by atoms with van der Waals surface area (Å²) in [6.45, 7) is 7.49. The summed E-state index contributed by atoms with van der Waals surface area (Å²) in [5.74, 6) is 0.569. The zero-order valence-electron chi connectivity index (χ0n) is 20.1. The van der Waals surface area contributed by atoms with E-state index in [1.165, 1.54) is 6.33 Å². The van der Waals surface area contributed by atoms with Gasteiger partial charge in [0.2, 0.25) is 0 Å². The third kappa shape index (κ3) is 5.58. The number of rotatable bonds is 8. The molecule has 0 saturated carbocycles. The number of nitrogens with one attached hydrogen (secondary N) is 2. The molecule has 2 aromatic carbocycles. The monoisotopic (exact) mass is 470 g/mol. The number of fused-ring (bicyclic) bond motifs is 1. The van der Waals surface area contributed by atoms with Gasteiger partial charge in [0.1, 0.15) is 17.8 Å². The number of amides is 1. The van der Waals surface area contributed by atoms with Crippen molar-refractivity contribution in [1.82, 2.24) is 20.2 Å². The highest BCUT2D eigenvalue weighted by molar-refractivity contribution is 5.97. The first-order valence-corrected chi connectivity index (χ1v) is 11.8. The van der Waals surface area contributed by atoms with E-state index in [0.29, 0.717) is 24.4 Å². The summed E-state index contributed by atoms with van der Waals surface area (Å²) in [6, 6.07) is 14.3. The van der Waals surface area contributed by atoms with Gasteiger partial charge in [-0.25, -0.2) is 9.97 Å². The second-order valence-electron chi connectivity index (χ2n) is 8.71. The van der Waals surface area contributed by atoms with Crippen molar-refractivity contribution in [3.63, 3.8) is 0 Å². The predicted octanol–water partition coefficient (Wildman–Crippen LogP) is 4.09. The van der Waals surface area contributed by atoms with E-state index >= 15 is 0 Å². The summed E-state index contributed by atoms with van der Waals surface area (Å²) in [6.07, 6.45) is 4.62. The predicted molar refractivity (Wildman–Crippen MR) is 136 cm³/mol. The molecule has 35 heavy (non-hydrogen) atoms. The maximum Gasteiger partial charge on any atom is 0.270 e. The summed E-state index contributed by atoms with van der Waals surface area (Å²) < 4.78 is 5.88. The number of nitrogens with zero attached hydrogens (tertiary/aromatic N) is 4. The molecule has 1 amide bonds. The van der Waals surface area contributed by atoms with Crippen LogP contribution < -0.4 is 15.4 Å². The number of nitriles is 1. The molecule has 1 aliphatic rings. The van der Waals surface area contributed by atoms with Gasteiger partial charge in [-0.05, 0) is 56.0 Å². The van der Waals surface area contributed by atoms with Crippen molar-refractivity contribution >= 4 is 22.4 Å². The maximum absolute atomic E-state index is 12.6. The number of benzene rings is 2. The number of carbonyl (C=O) groups is 1. The van der Waals surface area contributed by atoms with Crippen LogP contribution in [0.5, 0.6) is 5.75 Å². The topological polar surface area (TPSA) is 103 Å². The van der Waals surface area contributed by atoms with E-state index in [1.807, 2.05) is 19.1 Å². The summed E-state index contributed by atoms with van der Waals surface area (Å²) in [5, 5.41) is 17.7. The molecule has 1 fully saturated rings. The SMILES string of the molecule is C=C(C#N)CNc1c(OCC)ccc2ccc(C3CC(NC(=O)c4ccncn4)CCN3C)cc12. The Morgan fingerprint density at radius 1 is 1.31 bits per heavy atom. The molecule has 0 bridgehead atoms. The molecular formula is C27H30N6O2. The van der Waals surface area contributed by atoms with Gasteiger partial charge in [0.25, 0.3) is 5.91 Å². The highest BCUT2D eigenvalue weighted by Gasteiger charge is 2.29. The molecule has 2 unspecified atom stereocenters. The minimum absolute atomic E-state index is 0.0423. The molecule has 3 aromatic rings. The van der Waals surface area contributed by atoms with E-state index in [1.54, 1.807) is 12.3 Å². The fourth-order valence-electron chi connectivity index (χ4n) is 4.51. The fraction of sp³-hybridized carbons (Fsp3) is 0.333. The van der Waals surface area contributed by atoms with Crippen molar-refractivity contribution in [2.75, 3.05) is 32.1 Å². The third-order valence-corrected chi connectivity index (χ3v) is 6.35. The first-order chi connectivity index (χ1) is 17.0. The van der Waals surface area contributed by atoms with Gasteiger partial charge in [-0.1, -0.05) is 24.8 Å². The molecule has 1 saturated heterocycles. The van der Waals surface area contributed by atoms with Gasteiger partial charge in [0.05, 0.1) is 18.4 Å². The van der Waals surface area contributed by atoms with Gasteiger partial charge in [-0.3, -0.25) is 9.69 Å². The Hall–Kier alpha value is -3.96. The largest absolute Gasteiger partial charge is 0.492 e. The Bertz CT molecular complexity index is 1250. The molecule has 1 aromatic heterocycles. The van der Waals surface area contributed by atoms with Crippen LogP contribution in [0.1, 0.15) is 41.9 Å². The lowest BCUT2D eigenvalue weighted by Crippen LogP contribution is -2.45. The van der Waals surface area contributed by atoms with Crippen molar-refractivity contribution in [2.24, 2.45) is 0 Å². The molecule has 2 N–H and O–H groups in total. The van der Waals surface area contributed by atoms with Crippen LogP contribution in [-0.4, -0.2) is 53.6 Å². The van der Waals surface area contributed by atoms with Gasteiger partial charge in [-0.15, -0.1) is 0 Å². The Morgan fingerprint density at radius 3 is 2.89 bits per heavy atom. The molecule has 2 atom stereocenters. The number of carbonyl (C=O) groups excluding carboxylic acids is 1. The van der Waals surface area contributed by atoms with Gasteiger partial charge >= 0.3 is 0 Å². The van der Waals surface area contributed by atoms with E-state index < -0.39 is 0 Å². The normalized spacial score (nSPS) is 18.0. The quantitative estimate of drug-likeness (QED) is 0.478. The van der Waals surface area contributed by atoms with Crippen molar-refractivity contribution in [3.05, 3.63) is 72.3 Å². The van der Waals surface area contributed by atoms with Crippen LogP contribution >= 0.6 is 0 Å². The second-order valence-corrected chi connectivity index (χ2v) is 8.71. The number of hydrogen-bond donors (Lipinski definition) is 2. The van der Waals surface area contributed by atoms with Crippen LogP contribution in [0.3, 0.4) is 0 Å². The first-order valence-electron chi connectivity index (χ1n) is 11.8. The molecule has 0 spiro atoms. The zero-order chi connectivity index (χ0) is 24.8. The molecule has 2 heterocycles. The van der Waals surface area contributed by atoms with E-state index in [4.69, 9.17) is 10.00 Å². The number of aromatic nitrogens is 2. The van der Waals surface area contributed by atoms with Crippen molar-refractivity contribution in [3.8, 4) is 11.8 Å². The lowest BCUT2D eigenvalue weighted by Gasteiger charge is -2.38. The minimum atomic E-state index is -0.176. The summed E-state index contributed by atoms with van der Waals surface area (Å²) in [5.41, 5.74) is 2.85. The molecule has 180 valence electrons. The number of likely N-dealkylation sites (tertiary alicyclic amines) is 1. The van der Waals surface area contributed by atoms with Crippen LogP contribution in [0.4, 0.5) is 5.69 Å². The number of piperidine rings is 1. The van der Waals surface area contributed by atoms with E-state index in [0.717, 1.165) is 47.2 Å². The molecule has 0 radical (unpaired) electrons. The third-order valence-electron chi connectivity index (χ3n) is 6.35. The van der Waals surface area contributed by atoms with E-state index in [-0.39, 0.29) is 18.0 Å². The second kappa shape index (κ2) is 11.0. The maximum atomic E-state index is 12.6. The molecular weight excluding hydrogens is 440 g/mol. The average molecular weight is 471 g/mol. The van der Waals surface area contributed by atoms with Crippen molar-refractivity contribution in [1.29, 1.82) is 5.26 Å². The highest BCUT2D eigenvalue weighted by atomic mass is 16.5. The minimum Gasteiger partial charge on any atom is -0.492 e. The summed E-state index contributed by atoms with van der Waals surface area (Å²) in [4.78, 5) is 22.9. The Morgan fingerprint density at radius 2 is 2.14 bits per heavy atom. The van der Waals surface area contributed by atoms with E-state index in [9.17, 15) is 4.79 Å². The number of ether oxygens (including phenoxy) is 1.